The summed E-state index contributed by atoms with van der Waals surface area (Å²) in [6.45, 7) is 14.4. The summed E-state index contributed by atoms with van der Waals surface area (Å²) in [4.78, 5) is 114. The maximum absolute atomic E-state index is 12.9. The average molecular weight is 1980 g/mol. The van der Waals surface area contributed by atoms with E-state index in [1.54, 1.807) is 32.1 Å². The number of nitrogens with two attached hydrogens (primary N) is 1. The summed E-state index contributed by atoms with van der Waals surface area (Å²) in [5.74, 6) is 15.9. The maximum atomic E-state index is 12.9. The molecule has 24 rings (SSSR count). The Labute approximate surface area is 832 Å². The zero-order valence-corrected chi connectivity index (χ0v) is 80.1. The van der Waals surface area contributed by atoms with E-state index in [9.17, 15) is 43.2 Å². The van der Waals surface area contributed by atoms with Gasteiger partial charge in [0.05, 0.1) is 57.9 Å². The molecule has 5 aliphatic heterocycles. The Balaban J connectivity index is 0.000000141. The number of esters is 3. The molecule has 10 fully saturated rings. The van der Waals surface area contributed by atoms with Crippen LogP contribution in [0.3, 0.4) is 0 Å². The molecule has 2 N–H and O–H groups in total. The summed E-state index contributed by atoms with van der Waals surface area (Å²) in [7, 11) is 4.72. The van der Waals surface area contributed by atoms with Crippen molar-refractivity contribution < 1.29 is 73.0 Å². The van der Waals surface area contributed by atoms with Crippen molar-refractivity contribution >= 4 is 95.2 Å². The number of imide groups is 3. The number of carbonyl (C=O) groups excluding carboxylic acids is 9. The number of amides is 6. The second kappa shape index (κ2) is 50.5. The number of rotatable bonds is 26. The van der Waals surface area contributed by atoms with Crippen molar-refractivity contribution in [3.05, 3.63) is 228 Å². The van der Waals surface area contributed by atoms with Gasteiger partial charge >= 0.3 is 64.3 Å². The van der Waals surface area contributed by atoms with Gasteiger partial charge in [0, 0.05) is 66.7 Å². The second-order valence-corrected chi connectivity index (χ2v) is 42.3. The van der Waals surface area contributed by atoms with E-state index in [-0.39, 0.29) is 87.2 Å². The summed E-state index contributed by atoms with van der Waals surface area (Å²) in [6, 6.07) is 17.8. The van der Waals surface area contributed by atoms with Crippen LogP contribution < -0.4 is 5.73 Å². The third-order valence-corrected chi connectivity index (χ3v) is 32.6. The first kappa shape index (κ1) is 105. The number of benzene rings is 2. The zero-order valence-electron chi connectivity index (χ0n) is 78.9. The molecule has 2 aromatic carbocycles. The molecule has 0 aromatic heterocycles. The Morgan fingerprint density at radius 3 is 1.24 bits per heavy atom. The van der Waals surface area contributed by atoms with Crippen molar-refractivity contribution in [1.82, 2.24) is 14.7 Å². The molecule has 17 aliphatic carbocycles. The number of ether oxygens (including phenoxy) is 6. The van der Waals surface area contributed by atoms with Crippen LogP contribution in [0.2, 0.25) is 1.41 Å². The molecule has 2 saturated heterocycles. The van der Waals surface area contributed by atoms with E-state index >= 15 is 0 Å². The number of carbonyl (C=O) groups is 9. The van der Waals surface area contributed by atoms with Gasteiger partial charge in [-0.25, -0.2) is 14.4 Å². The van der Waals surface area contributed by atoms with Crippen molar-refractivity contribution in [3.63, 3.8) is 0 Å². The van der Waals surface area contributed by atoms with Gasteiger partial charge in [-0.1, -0.05) is 194 Å². The van der Waals surface area contributed by atoms with Crippen LogP contribution in [-0.2, 0) is 78.0 Å². The summed E-state index contributed by atoms with van der Waals surface area (Å²) in [6.07, 6.45) is 75.9. The van der Waals surface area contributed by atoms with E-state index < -0.39 is 0 Å². The molecule has 22 heteroatoms. The minimum atomic E-state index is -0.275. The van der Waals surface area contributed by atoms with Crippen LogP contribution in [0, 0.1) is 142 Å². The SMILES string of the molecule is C.C.C.C.C/C=C/C(=O)OCC1CC2C=CC1C2.C/C=C/C(=O)OCCC1CC2C=CC1C2.C1=CC2CC1CC2CC1CO1.C1=CC2CC1CC2COCC1CO1.CC1=C(C)C(=O)N(CC2CC3C=CC2C3)C1=O.O=C(/C=C/c1ccccc1)OCC1CC2C=CC1C2.O=C1C2=C(C(=O)N1CC1CC3C=CC1C3)c1ccccc1CC2.O=C1C=CC(=O)N1CCC1CC2C=CC1C2.[2H]NC(I)N=[B]. The number of alkyl halides is 1. The fourth-order valence-electron chi connectivity index (χ4n) is 24.9. The zero-order chi connectivity index (χ0) is 93.5. The van der Waals surface area contributed by atoms with E-state index in [0.29, 0.717) is 146 Å². The Bertz CT molecular complexity index is 5010. The third kappa shape index (κ3) is 28.1. The van der Waals surface area contributed by atoms with E-state index in [0.717, 1.165) is 146 Å². The van der Waals surface area contributed by atoms with Crippen molar-refractivity contribution in [2.24, 2.45) is 153 Å². The molecule has 1 radical (unpaired) electrons. The average Bonchev–Trinajstić information content (AvgIpc) is 1.59. The molecule has 6 amide bonds. The topological polar surface area (TPSA) is 264 Å². The molecule has 137 heavy (non-hydrogen) atoms. The third-order valence-electron chi connectivity index (χ3n) is 32.2. The van der Waals surface area contributed by atoms with Crippen LogP contribution in [0.5, 0.6) is 0 Å². The molecule has 27 atom stereocenters. The second-order valence-electron chi connectivity index (χ2n) is 41.1. The predicted octanol–water partition coefficient (Wildman–Crippen LogP) is 21.0. The van der Waals surface area contributed by atoms with Crippen LogP contribution in [0.1, 0.15) is 203 Å². The van der Waals surface area contributed by atoms with Gasteiger partial charge in [0.1, 0.15) is 6.10 Å². The molecular formula is C115H152BIN5O15. The molecule has 5 heterocycles. The van der Waals surface area contributed by atoms with Crippen molar-refractivity contribution in [2.75, 3.05) is 65.9 Å². The van der Waals surface area contributed by atoms with Gasteiger partial charge in [-0.2, -0.15) is 0 Å². The molecular weight excluding hydrogens is 1830 g/mol. The Kier molecular flexibility index (Phi) is 38.8. The summed E-state index contributed by atoms with van der Waals surface area (Å²) in [5, 5.41) is 0. The summed E-state index contributed by atoms with van der Waals surface area (Å²) < 4.78 is 37.7. The van der Waals surface area contributed by atoms with Crippen LogP contribution in [0.15, 0.2) is 216 Å². The molecule has 16 bridgehead atoms. The van der Waals surface area contributed by atoms with Crippen molar-refractivity contribution in [3.8, 4) is 0 Å². The van der Waals surface area contributed by atoms with Gasteiger partial charge in [-0.3, -0.25) is 43.5 Å². The van der Waals surface area contributed by atoms with Crippen molar-refractivity contribution in [2.45, 2.75) is 209 Å². The quantitative estimate of drug-likeness (QED) is 0.00876. The van der Waals surface area contributed by atoms with Gasteiger partial charge in [0.2, 0.25) is 0 Å². The van der Waals surface area contributed by atoms with Crippen LogP contribution >= 0.6 is 22.6 Å². The number of aryl methyl sites for hydroxylation is 1. The van der Waals surface area contributed by atoms with E-state index in [1.807, 2.05) is 85.0 Å². The Morgan fingerprint density at radius 2 is 0.839 bits per heavy atom. The van der Waals surface area contributed by atoms with Gasteiger partial charge < -0.3 is 28.4 Å². The number of halogens is 1. The fourth-order valence-corrected chi connectivity index (χ4v) is 24.9. The number of allylic oxidation sites excluding steroid dienone is 18. The standard InChI is InChI=1S/C20H19NO2.C17H18O2.C14H17NO2.C13H15NO2.C13H18O2.C12H16O2.C11H16O2.C10H14O.CH3BIN2.4CH4/c22-19-17-8-7-13-3-1-2-4-16(13)18(17)20(23)21(19)11-15-10-12-5-6-14(15)9-12;18-17(9-7-13-4-2-1-3-5-13)19-12-16-11-14-6-8-15(16)10-14;1-8-9(2)14(17)15(13(8)16)7-12-6-10-3-4-11(12)5-10;15-12-3-4-13(16)14(12)6-5-11-8-9-1-2-10(11)7-9;1-2-3-13(14)15-7-6-12-9-10-4-5-11(12)8-10;1-2-3-12(13)14-8-11-7-9-4-5-10(11)6-9;1-2-9-3-8(1)4-10(9)5-12-6-11-7-13-11;1-2-8-3-7(1)4-9(8)5-10-6-11-10;2-5-1(3)4;;;;/h1-6,12,14-15H,7-11H2;1-9,14-16H,10-12H2;3-4,10-12H,5-7H2,1-2H3;1-4,9-11H,5-8H2;2-5,10-12H,6-9H2,1H3;2-5,9-11H,6-8H2,1H3;1-2,8-11H,3-7H2;1-2,7-10H,3-6H2;1H,4H2;4*1H4/b;9-7+;;;2*3-2+;;;;;;;/i/hD. The fraction of sp³-hybridized carbons (Fsp3) is 0.574. The van der Waals surface area contributed by atoms with Crippen molar-refractivity contribution in [1.29, 1.82) is 0 Å². The predicted molar refractivity (Wildman–Crippen MR) is 549 cm³/mol. The molecule has 20 nitrogen and oxygen atoms in total. The van der Waals surface area contributed by atoms with E-state index in [2.05, 4.69) is 114 Å². The van der Waals surface area contributed by atoms with E-state index in [1.165, 1.54) is 147 Å². The number of hydrogen-bond donors (Lipinski definition) is 1. The molecule has 27 unspecified atom stereocenters. The number of fused-ring (bicyclic) bond motifs is 18. The first-order chi connectivity index (χ1) is 65.1. The molecule has 8 saturated carbocycles. The summed E-state index contributed by atoms with van der Waals surface area (Å²) >= 11 is 1.88. The molecule has 737 valence electrons. The van der Waals surface area contributed by atoms with Gasteiger partial charge in [0.15, 0.2) is 0 Å². The molecule has 0 spiro atoms. The Morgan fingerprint density at radius 1 is 0.453 bits per heavy atom. The summed E-state index contributed by atoms with van der Waals surface area (Å²) in [5.41, 5.74) is 7.90. The number of epoxide rings is 2. The number of nitrogens with zero attached hydrogens (tertiary/aromatic N) is 4. The normalized spacial score (nSPS) is 33.9. The van der Waals surface area contributed by atoms with Crippen LogP contribution in [0.4, 0.5) is 0 Å². The minimum absolute atomic E-state index is 0. The van der Waals surface area contributed by atoms with Gasteiger partial charge in [-0.15, -0.1) is 0 Å². The van der Waals surface area contributed by atoms with Crippen LogP contribution in [0.25, 0.3) is 11.6 Å². The first-order valence-corrected chi connectivity index (χ1v) is 51.0. The molecule has 22 aliphatic rings. The van der Waals surface area contributed by atoms with Crippen LogP contribution in [-0.4, -0.2) is 158 Å². The molecule has 2 aromatic rings. The number of hydrogen-bond acceptors (Lipinski definition) is 17. The monoisotopic (exact) mass is 1980 g/mol. The van der Waals surface area contributed by atoms with Gasteiger partial charge in [-0.05, 0) is 327 Å². The van der Waals surface area contributed by atoms with E-state index in [4.69, 9.17) is 37.5 Å². The first-order valence-electron chi connectivity index (χ1n) is 50.3. The Hall–Kier alpha value is -8.94. The van der Waals surface area contributed by atoms with Gasteiger partial charge in [0.25, 0.3) is 35.4 Å².